The second kappa shape index (κ2) is 13.3. The van der Waals surface area contributed by atoms with E-state index in [1.807, 2.05) is 11.3 Å². The van der Waals surface area contributed by atoms with Crippen LogP contribution >= 0.6 is 11.3 Å². The molecule has 0 bridgehead atoms. The van der Waals surface area contributed by atoms with Crippen molar-refractivity contribution in [2.45, 2.75) is 26.2 Å². The highest BCUT2D eigenvalue weighted by atomic mass is 35.7. The van der Waals surface area contributed by atoms with Gasteiger partial charge in [0.25, 0.3) is 0 Å². The molecule has 0 N–H and O–H groups in total. The predicted octanol–water partition coefficient (Wildman–Crippen LogP) is 3.84. The van der Waals surface area contributed by atoms with Crippen LogP contribution in [0, 0.1) is 10.2 Å². The monoisotopic (exact) mass is 510 g/mol. The van der Waals surface area contributed by atoms with Crippen LogP contribution in [0.2, 0.25) is 0 Å². The Balaban J connectivity index is 0.000000623. The molecule has 182 valence electrons. The quantitative estimate of drug-likeness (QED) is 0.265. The van der Waals surface area contributed by atoms with Crippen LogP contribution < -0.4 is 23.4 Å². The molecule has 1 heterocycles. The van der Waals surface area contributed by atoms with E-state index in [1.165, 1.54) is 39.3 Å². The van der Waals surface area contributed by atoms with Crippen molar-refractivity contribution in [2.75, 3.05) is 6.61 Å². The van der Waals surface area contributed by atoms with Crippen LogP contribution in [-0.2, 0) is 0 Å². The van der Waals surface area contributed by atoms with E-state index >= 15 is 0 Å². The first kappa shape index (κ1) is 26.8. The van der Waals surface area contributed by atoms with Crippen LogP contribution in [0.25, 0.3) is 32.0 Å². The number of para-hydroxylation sites is 1. The number of unbranched alkanes of at least 4 members (excludes halogenated alkanes) is 2. The third-order valence-corrected chi connectivity index (χ3v) is 6.26. The summed E-state index contributed by atoms with van der Waals surface area (Å²) in [6, 6.07) is 34.2. The number of hydrogen-bond donors (Lipinski definition) is 0. The van der Waals surface area contributed by atoms with E-state index in [0.717, 1.165) is 24.3 Å². The van der Waals surface area contributed by atoms with Gasteiger partial charge in [-0.05, 0) is 42.3 Å². The first-order valence-electron chi connectivity index (χ1n) is 11.3. The molecule has 7 heteroatoms. The predicted molar refractivity (Wildman–Crippen MR) is 130 cm³/mol. The molecule has 0 atom stereocenters. The molecule has 0 radical (unpaired) electrons. The minimum atomic E-state index is -4.94. The first-order chi connectivity index (χ1) is 16.8. The maximum atomic E-state index is 8.49. The largest absolute Gasteiger partial charge is 0.493 e. The summed E-state index contributed by atoms with van der Waals surface area (Å²) in [6.45, 7) is 2.98. The van der Waals surface area contributed by atoms with Crippen molar-refractivity contribution < 1.29 is 33.6 Å². The Hall–Kier alpha value is -2.84. The molecule has 3 aromatic carbocycles. The van der Waals surface area contributed by atoms with Gasteiger partial charge in [0.2, 0.25) is 21.1 Å². The minimum Gasteiger partial charge on any atom is -0.493 e. The Morgan fingerprint density at radius 3 is 1.66 bits per heavy atom. The molecule has 0 saturated heterocycles. The van der Waals surface area contributed by atoms with E-state index in [9.17, 15) is 0 Å². The van der Waals surface area contributed by atoms with Gasteiger partial charge < -0.3 is 4.74 Å². The lowest BCUT2D eigenvalue weighted by Gasteiger charge is -2.17. The van der Waals surface area contributed by atoms with Crippen LogP contribution in [-0.4, -0.2) is 6.61 Å². The van der Waals surface area contributed by atoms with Crippen molar-refractivity contribution in [1.82, 2.24) is 0 Å². The van der Waals surface area contributed by atoms with E-state index in [0.29, 0.717) is 0 Å². The molecule has 1 aromatic heterocycles. The zero-order chi connectivity index (χ0) is 25.1. The third-order valence-electron chi connectivity index (χ3n) is 5.11. The fourth-order valence-corrected chi connectivity index (χ4v) is 4.63. The summed E-state index contributed by atoms with van der Waals surface area (Å²) in [7, 11) is -4.94. The molecule has 0 aliphatic heterocycles. The Morgan fingerprint density at radius 1 is 0.657 bits per heavy atom. The third kappa shape index (κ3) is 9.03. The van der Waals surface area contributed by atoms with E-state index in [2.05, 4.69) is 104 Å². The molecule has 0 saturated carbocycles. The van der Waals surface area contributed by atoms with Crippen molar-refractivity contribution in [3.63, 3.8) is 0 Å². The average molecular weight is 511 g/mol. The van der Waals surface area contributed by atoms with Crippen molar-refractivity contribution in [3.8, 4) is 37.8 Å². The van der Waals surface area contributed by atoms with Crippen LogP contribution in [0.15, 0.2) is 97.1 Å². The van der Waals surface area contributed by atoms with Crippen molar-refractivity contribution in [2.24, 2.45) is 0 Å². The second-order valence-electron chi connectivity index (χ2n) is 7.74. The first-order valence-corrected chi connectivity index (χ1v) is 13.3. The van der Waals surface area contributed by atoms with Crippen LogP contribution in [0.3, 0.4) is 0 Å². The Morgan fingerprint density at radius 2 is 1.14 bits per heavy atom. The number of halogens is 1. The number of rotatable bonds is 8. The van der Waals surface area contributed by atoms with Gasteiger partial charge >= 0.3 is 0 Å². The van der Waals surface area contributed by atoms with E-state index in [1.54, 1.807) is 0 Å². The Labute approximate surface area is 212 Å². The molecule has 4 rings (SSSR count). The molecular formula is C28H27ClO5S. The van der Waals surface area contributed by atoms with Gasteiger partial charge in [-0.25, -0.2) is 18.6 Å². The summed E-state index contributed by atoms with van der Waals surface area (Å²) >= 11 is 1.83. The standard InChI is InChI=1S/C28H27OS.ClHO4/c1-2-3-12-19-29-26-18-11-10-17-25(26)24-20-27(22-13-6-4-7-14-22)30-28(21-24)23-15-8-5-9-16-23;2-1(3,4)5/h4-11,13-18,20-21H,2-3,12,19H2,1H3;(H,2,3,4,5)/q+1;/p-1. The zero-order valence-electron chi connectivity index (χ0n) is 19.4. The van der Waals surface area contributed by atoms with E-state index in [4.69, 9.17) is 23.4 Å². The molecule has 4 aromatic rings. The normalized spacial score (nSPS) is 10.9. The van der Waals surface area contributed by atoms with Crippen LogP contribution in [0.1, 0.15) is 26.2 Å². The summed E-state index contributed by atoms with van der Waals surface area (Å²) < 4.78 is 40.2. The molecule has 0 aliphatic carbocycles. The molecule has 5 nitrogen and oxygen atoms in total. The van der Waals surface area contributed by atoms with Gasteiger partial charge in [-0.1, -0.05) is 74.4 Å². The average Bonchev–Trinajstić information content (AvgIpc) is 2.87. The SMILES string of the molecule is CCCCCOc1ccccc1-c1cc(-c2ccccc2)[s+]c(-c2ccccc2)c1.[O-][Cl+3]([O-])([O-])[O-]. The Bertz CT molecular complexity index is 1120. The lowest BCUT2D eigenvalue weighted by Crippen LogP contribution is -2.68. The van der Waals surface area contributed by atoms with Gasteiger partial charge in [-0.3, -0.25) is 0 Å². The van der Waals surface area contributed by atoms with Crippen molar-refractivity contribution >= 4 is 11.3 Å². The highest BCUT2D eigenvalue weighted by molar-refractivity contribution is 7.18. The Kier molecular flexibility index (Phi) is 10.2. The maximum Gasteiger partial charge on any atom is 0.239 e. The van der Waals surface area contributed by atoms with Gasteiger partial charge in [-0.2, -0.15) is 0 Å². The molecule has 0 aliphatic rings. The molecule has 0 fully saturated rings. The van der Waals surface area contributed by atoms with Gasteiger partial charge in [-0.15, -0.1) is 10.2 Å². The summed E-state index contributed by atoms with van der Waals surface area (Å²) in [4.78, 5) is 2.51. The summed E-state index contributed by atoms with van der Waals surface area (Å²) in [5.74, 6) is 0.961. The fraction of sp³-hybridized carbons (Fsp3) is 0.179. The highest BCUT2D eigenvalue weighted by Crippen LogP contribution is 2.39. The number of benzene rings is 3. The zero-order valence-corrected chi connectivity index (χ0v) is 21.0. The fourth-order valence-electron chi connectivity index (χ4n) is 3.51. The second-order valence-corrected chi connectivity index (χ2v) is 9.58. The maximum absolute atomic E-state index is 8.49. The highest BCUT2D eigenvalue weighted by Gasteiger charge is 2.20. The summed E-state index contributed by atoms with van der Waals surface area (Å²) in [5.41, 5.74) is 4.82. The summed E-state index contributed by atoms with van der Waals surface area (Å²) in [5, 5.41) is 0. The molecule has 0 spiro atoms. The van der Waals surface area contributed by atoms with E-state index < -0.39 is 10.2 Å². The number of ether oxygens (including phenoxy) is 1. The smallest absolute Gasteiger partial charge is 0.239 e. The van der Waals surface area contributed by atoms with Gasteiger partial charge in [0.15, 0.2) is 0 Å². The van der Waals surface area contributed by atoms with Gasteiger partial charge in [0.05, 0.1) is 6.61 Å². The molecule has 0 amide bonds. The lowest BCUT2D eigenvalue weighted by atomic mass is 10.0. The summed E-state index contributed by atoms with van der Waals surface area (Å²) in [6.07, 6.45) is 3.49. The van der Waals surface area contributed by atoms with Gasteiger partial charge in [0.1, 0.15) is 5.75 Å². The topological polar surface area (TPSA) is 101 Å². The van der Waals surface area contributed by atoms with E-state index in [-0.39, 0.29) is 0 Å². The van der Waals surface area contributed by atoms with Crippen LogP contribution in [0.5, 0.6) is 5.75 Å². The molecular weight excluding hydrogens is 484 g/mol. The molecule has 0 unspecified atom stereocenters. The lowest BCUT2D eigenvalue weighted by molar-refractivity contribution is -2.00. The van der Waals surface area contributed by atoms with Crippen molar-refractivity contribution in [3.05, 3.63) is 97.1 Å². The minimum absolute atomic E-state index is 0.761. The van der Waals surface area contributed by atoms with Crippen LogP contribution in [0.4, 0.5) is 0 Å². The van der Waals surface area contributed by atoms with Gasteiger partial charge in [0, 0.05) is 28.8 Å². The number of hydrogen-bond acceptors (Lipinski definition) is 5. The molecule has 35 heavy (non-hydrogen) atoms. The van der Waals surface area contributed by atoms with Crippen molar-refractivity contribution in [1.29, 1.82) is 0 Å².